The number of hydrogen-bond acceptors (Lipinski definition) is 8. The summed E-state index contributed by atoms with van der Waals surface area (Å²) in [5.74, 6) is -0.0643. The lowest BCUT2D eigenvalue weighted by Crippen LogP contribution is -2.57. The van der Waals surface area contributed by atoms with Crippen LogP contribution in [-0.2, 0) is 32.6 Å². The molecule has 0 aromatic heterocycles. The quantitative estimate of drug-likeness (QED) is 0.394. The minimum absolute atomic E-state index is 0.0167. The number of piperazine rings is 1. The molecule has 15 heteroatoms. The fourth-order valence-corrected chi connectivity index (χ4v) is 8.54. The highest BCUT2D eigenvalue weighted by Crippen LogP contribution is 2.27. The minimum atomic E-state index is -3.70. The zero-order chi connectivity index (χ0) is 35.6. The first-order valence-electron chi connectivity index (χ1n) is 17.6. The number of likely N-dealkylation sites (tertiary alicyclic amines) is 1. The SMILES string of the molecule is Cc1cc(C[C@@H](OC(=O)N2CCC(N3CCc4ccccc4NC3=O)CC2)C(=O)N2CCN(C3CCN(S(N)(=O)=O)CC3)CC2)cc(C)c1O. The van der Waals surface area contributed by atoms with Crippen LogP contribution in [0.3, 0.4) is 0 Å². The van der Waals surface area contributed by atoms with E-state index >= 15 is 0 Å². The van der Waals surface area contributed by atoms with Gasteiger partial charge in [-0.1, -0.05) is 30.3 Å². The number of phenols is 1. The van der Waals surface area contributed by atoms with Crippen LogP contribution in [0.25, 0.3) is 0 Å². The second-order valence-corrected chi connectivity index (χ2v) is 15.5. The van der Waals surface area contributed by atoms with Crippen molar-refractivity contribution in [3.05, 3.63) is 58.7 Å². The van der Waals surface area contributed by atoms with Crippen LogP contribution in [0.15, 0.2) is 36.4 Å². The molecule has 0 unspecified atom stereocenters. The summed E-state index contributed by atoms with van der Waals surface area (Å²) in [6.07, 6.45) is 1.88. The first kappa shape index (κ1) is 35.9. The Kier molecular flexibility index (Phi) is 10.9. The molecule has 50 heavy (non-hydrogen) atoms. The summed E-state index contributed by atoms with van der Waals surface area (Å²) in [7, 11) is -3.70. The number of nitrogens with zero attached hydrogens (tertiary/aromatic N) is 5. The van der Waals surface area contributed by atoms with E-state index < -0.39 is 22.4 Å². The summed E-state index contributed by atoms with van der Waals surface area (Å²) >= 11 is 0. The predicted octanol–water partition coefficient (Wildman–Crippen LogP) is 2.42. The highest BCUT2D eigenvalue weighted by molar-refractivity contribution is 7.86. The van der Waals surface area contributed by atoms with E-state index in [2.05, 4.69) is 10.2 Å². The zero-order valence-corrected chi connectivity index (χ0v) is 29.7. The number of aromatic hydroxyl groups is 1. The van der Waals surface area contributed by atoms with Gasteiger partial charge in [0.2, 0.25) is 0 Å². The van der Waals surface area contributed by atoms with Gasteiger partial charge in [-0.3, -0.25) is 9.69 Å². The van der Waals surface area contributed by atoms with Crippen molar-refractivity contribution in [2.24, 2.45) is 5.14 Å². The largest absolute Gasteiger partial charge is 0.507 e. The number of nitrogens with two attached hydrogens (primary N) is 1. The number of fused-ring (bicyclic) bond motifs is 1. The third-order valence-electron chi connectivity index (χ3n) is 10.7. The van der Waals surface area contributed by atoms with E-state index in [0.29, 0.717) is 95.7 Å². The van der Waals surface area contributed by atoms with E-state index in [9.17, 15) is 27.9 Å². The van der Waals surface area contributed by atoms with Crippen molar-refractivity contribution < 1.29 is 32.6 Å². The molecule has 4 aliphatic rings. The van der Waals surface area contributed by atoms with Crippen LogP contribution in [0.4, 0.5) is 15.3 Å². The number of rotatable bonds is 7. The Balaban J connectivity index is 1.07. The standard InChI is InChI=1S/C35H49N7O7S/c1-24-21-26(22-25(2)32(24)43)23-31(33(44)39-19-17-38(18-20-39)28-10-14-41(15-11-28)50(36,47)48)49-35(46)40-12-8-29(9-13-40)42-16-7-27-5-3-4-6-30(27)37-34(42)45/h3-6,21-22,28-29,31,43H,7-20,23H2,1-2H3,(H,37,45)(H2,36,47,48)/t31-/m1/s1. The fraction of sp³-hybridized carbons (Fsp3) is 0.571. The molecule has 14 nitrogen and oxygen atoms in total. The molecule has 0 spiro atoms. The Morgan fingerprint density at radius 3 is 2.16 bits per heavy atom. The van der Waals surface area contributed by atoms with E-state index in [1.54, 1.807) is 23.6 Å². The fourth-order valence-electron chi connectivity index (χ4n) is 7.82. The van der Waals surface area contributed by atoms with Crippen molar-refractivity contribution in [2.75, 3.05) is 64.2 Å². The summed E-state index contributed by atoms with van der Waals surface area (Å²) in [4.78, 5) is 48.3. The molecule has 3 saturated heterocycles. The number of nitrogens with one attached hydrogen (secondary N) is 1. The van der Waals surface area contributed by atoms with Crippen molar-refractivity contribution in [1.29, 1.82) is 0 Å². The van der Waals surface area contributed by atoms with Gasteiger partial charge in [-0.15, -0.1) is 0 Å². The molecular formula is C35H49N7O7S. The molecule has 272 valence electrons. The number of aryl methyl sites for hydroxylation is 2. The second-order valence-electron chi connectivity index (χ2n) is 13.9. The lowest BCUT2D eigenvalue weighted by atomic mass is 10.00. The highest BCUT2D eigenvalue weighted by Gasteiger charge is 2.37. The van der Waals surface area contributed by atoms with Gasteiger partial charge in [0.15, 0.2) is 6.10 Å². The molecule has 6 rings (SSSR count). The zero-order valence-electron chi connectivity index (χ0n) is 28.9. The van der Waals surface area contributed by atoms with Crippen LogP contribution in [0, 0.1) is 13.8 Å². The van der Waals surface area contributed by atoms with Gasteiger partial charge in [0, 0.05) is 83.1 Å². The number of hydrogen-bond donors (Lipinski definition) is 3. The van der Waals surface area contributed by atoms with Crippen LogP contribution in [0.2, 0.25) is 0 Å². The maximum Gasteiger partial charge on any atom is 0.410 e. The number of amides is 4. The maximum atomic E-state index is 14.0. The van der Waals surface area contributed by atoms with Crippen LogP contribution in [0.5, 0.6) is 5.75 Å². The van der Waals surface area contributed by atoms with Crippen LogP contribution in [0.1, 0.15) is 47.9 Å². The normalized spacial score (nSPS) is 20.9. The molecule has 4 aliphatic heterocycles. The van der Waals surface area contributed by atoms with Crippen molar-refractivity contribution in [2.45, 2.75) is 70.6 Å². The molecule has 3 fully saturated rings. The number of benzene rings is 2. The smallest absolute Gasteiger partial charge is 0.410 e. The monoisotopic (exact) mass is 711 g/mol. The number of urea groups is 1. The van der Waals surface area contributed by atoms with E-state index in [1.165, 1.54) is 4.31 Å². The minimum Gasteiger partial charge on any atom is -0.507 e. The molecule has 2 aromatic carbocycles. The van der Waals surface area contributed by atoms with Crippen LogP contribution >= 0.6 is 0 Å². The number of carbonyl (C=O) groups is 3. The highest BCUT2D eigenvalue weighted by atomic mass is 32.2. The van der Waals surface area contributed by atoms with Crippen LogP contribution in [-0.4, -0.2) is 133 Å². The third kappa shape index (κ3) is 8.17. The van der Waals surface area contributed by atoms with Gasteiger partial charge in [0.25, 0.3) is 16.1 Å². The lowest BCUT2D eigenvalue weighted by Gasteiger charge is -2.42. The molecular weight excluding hydrogens is 662 g/mol. The summed E-state index contributed by atoms with van der Waals surface area (Å²) in [6.45, 7) is 7.95. The van der Waals surface area contributed by atoms with Gasteiger partial charge in [-0.05, 0) is 74.3 Å². The van der Waals surface area contributed by atoms with Gasteiger partial charge in [0.1, 0.15) is 5.75 Å². The molecule has 1 atom stereocenters. The third-order valence-corrected chi connectivity index (χ3v) is 11.8. The summed E-state index contributed by atoms with van der Waals surface area (Å²) in [6, 6.07) is 11.5. The molecule has 2 aromatic rings. The predicted molar refractivity (Wildman–Crippen MR) is 188 cm³/mol. The van der Waals surface area contributed by atoms with Crippen molar-refractivity contribution >= 4 is 33.9 Å². The van der Waals surface area contributed by atoms with Gasteiger partial charge >= 0.3 is 12.1 Å². The number of piperidine rings is 2. The van der Waals surface area contributed by atoms with Gasteiger partial charge in [0.05, 0.1) is 0 Å². The summed E-state index contributed by atoms with van der Waals surface area (Å²) < 4.78 is 30.8. The van der Waals surface area contributed by atoms with E-state index in [4.69, 9.17) is 9.88 Å². The maximum absolute atomic E-state index is 14.0. The Morgan fingerprint density at radius 1 is 0.900 bits per heavy atom. The Morgan fingerprint density at radius 2 is 1.52 bits per heavy atom. The van der Waals surface area contributed by atoms with Crippen molar-refractivity contribution in [3.63, 3.8) is 0 Å². The molecule has 4 N–H and O–H groups in total. The van der Waals surface area contributed by atoms with Gasteiger partial charge in [-0.25, -0.2) is 14.7 Å². The topological polar surface area (TPSA) is 169 Å². The van der Waals surface area contributed by atoms with Gasteiger partial charge in [-0.2, -0.15) is 12.7 Å². The average molecular weight is 712 g/mol. The summed E-state index contributed by atoms with van der Waals surface area (Å²) in [5.41, 5.74) is 4.09. The number of para-hydroxylation sites is 1. The molecule has 4 amide bonds. The lowest BCUT2D eigenvalue weighted by molar-refractivity contribution is -0.143. The van der Waals surface area contributed by atoms with Crippen molar-refractivity contribution in [1.82, 2.24) is 23.9 Å². The molecule has 0 radical (unpaired) electrons. The number of carbonyl (C=O) groups excluding carboxylic acids is 3. The first-order valence-corrected chi connectivity index (χ1v) is 19.1. The molecule has 0 aliphatic carbocycles. The van der Waals surface area contributed by atoms with E-state index in [1.807, 2.05) is 41.3 Å². The van der Waals surface area contributed by atoms with Crippen LogP contribution < -0.4 is 10.5 Å². The van der Waals surface area contributed by atoms with Crippen molar-refractivity contribution in [3.8, 4) is 5.75 Å². The second kappa shape index (κ2) is 15.1. The number of anilines is 1. The van der Waals surface area contributed by atoms with E-state index in [0.717, 1.165) is 23.2 Å². The Bertz CT molecular complexity index is 1660. The first-order chi connectivity index (χ1) is 23.9. The Hall–Kier alpha value is -3.92. The number of ether oxygens (including phenoxy) is 1. The summed E-state index contributed by atoms with van der Waals surface area (Å²) in [5, 5.41) is 18.7. The molecule has 4 heterocycles. The van der Waals surface area contributed by atoms with Gasteiger partial charge < -0.3 is 29.9 Å². The average Bonchev–Trinajstić information content (AvgIpc) is 3.27. The number of phenolic OH excluding ortho intramolecular Hbond substituents is 1. The Labute approximate surface area is 294 Å². The van der Waals surface area contributed by atoms with E-state index in [-0.39, 0.29) is 36.2 Å². The molecule has 0 saturated carbocycles. The molecule has 0 bridgehead atoms.